The first kappa shape index (κ1) is 8.73. The summed E-state index contributed by atoms with van der Waals surface area (Å²) in [4.78, 5) is 3.97. The van der Waals surface area contributed by atoms with Crippen molar-refractivity contribution in [3.63, 3.8) is 0 Å². The maximum Gasteiger partial charge on any atom is 0.268 e. The first-order valence-corrected chi connectivity index (χ1v) is 2.93. The summed E-state index contributed by atoms with van der Waals surface area (Å²) >= 11 is 5.46. The van der Waals surface area contributed by atoms with Crippen molar-refractivity contribution in [3.05, 3.63) is 24.4 Å². The second-order valence-electron chi connectivity index (χ2n) is 1.45. The van der Waals surface area contributed by atoms with Crippen molar-refractivity contribution >= 4 is 29.7 Å². The Morgan fingerprint density at radius 2 is 2.22 bits per heavy atom. The second-order valence-corrected chi connectivity index (χ2v) is 1.72. The lowest BCUT2D eigenvalue weighted by Crippen LogP contribution is -2.03. The van der Waals surface area contributed by atoms with Gasteiger partial charge in [0.1, 0.15) is 5.88 Å². The highest BCUT2D eigenvalue weighted by Gasteiger charge is 2.03. The van der Waals surface area contributed by atoms with E-state index in [4.69, 9.17) is 11.6 Å². The van der Waals surface area contributed by atoms with Crippen LogP contribution in [0.5, 0.6) is 0 Å². The van der Waals surface area contributed by atoms with Gasteiger partial charge >= 0.3 is 0 Å². The van der Waals surface area contributed by atoms with E-state index >= 15 is 0 Å². The van der Waals surface area contributed by atoms with Gasteiger partial charge in [-0.15, -0.1) is 24.0 Å². The summed E-state index contributed by atoms with van der Waals surface area (Å²) in [5, 5.41) is 0. The van der Waals surface area contributed by atoms with E-state index < -0.39 is 0 Å². The summed E-state index contributed by atoms with van der Waals surface area (Å²) in [7, 11) is 0. The van der Waals surface area contributed by atoms with Gasteiger partial charge in [0.05, 0.1) is 4.99 Å². The van der Waals surface area contributed by atoms with Crippen molar-refractivity contribution in [2.24, 2.45) is 0 Å². The molecule has 1 aliphatic rings. The van der Waals surface area contributed by atoms with Gasteiger partial charge in [0.15, 0.2) is 0 Å². The van der Waals surface area contributed by atoms with Gasteiger partial charge in [-0.2, -0.15) is 0 Å². The van der Waals surface area contributed by atoms with Gasteiger partial charge in [-0.05, 0) is 6.08 Å². The van der Waals surface area contributed by atoms with E-state index in [0.717, 1.165) is 5.71 Å². The van der Waals surface area contributed by atoms with E-state index in [1.807, 2.05) is 18.2 Å². The zero-order chi connectivity index (χ0) is 5.82. The Labute approximate surface area is 65.5 Å². The van der Waals surface area contributed by atoms with Crippen LogP contribution in [-0.2, 0) is 0 Å². The van der Waals surface area contributed by atoms with Crippen LogP contribution >= 0.6 is 24.0 Å². The molecule has 1 heterocycles. The fourth-order valence-corrected chi connectivity index (χ4v) is 0.635. The van der Waals surface area contributed by atoms with Gasteiger partial charge in [0, 0.05) is 12.2 Å². The minimum atomic E-state index is 0. The lowest BCUT2D eigenvalue weighted by molar-refractivity contribution is 1.35. The van der Waals surface area contributed by atoms with E-state index in [-0.39, 0.29) is 12.4 Å². The van der Waals surface area contributed by atoms with Crippen LogP contribution in [0.25, 0.3) is 0 Å². The van der Waals surface area contributed by atoms with Gasteiger partial charge in [-0.1, -0.05) is 0 Å². The molecule has 0 atom stereocenters. The normalized spacial score (nSPS) is 14.6. The molecule has 1 rings (SSSR count). The van der Waals surface area contributed by atoms with Crippen LogP contribution < -0.4 is 4.99 Å². The minimum Gasteiger partial charge on any atom is -0.147 e. The Hall–Kier alpha value is -0.270. The number of nitrogens with zero attached hydrogens (tertiary/aromatic N) is 1. The molecule has 3 heteroatoms. The molecule has 0 saturated heterocycles. The topological polar surface area (TPSA) is 14.1 Å². The largest absolute Gasteiger partial charge is 0.268 e. The van der Waals surface area contributed by atoms with Crippen LogP contribution in [-0.4, -0.2) is 11.6 Å². The molecule has 0 saturated carbocycles. The first-order chi connectivity index (χ1) is 3.93. The van der Waals surface area contributed by atoms with Crippen LogP contribution in [0, 0.1) is 0 Å². The van der Waals surface area contributed by atoms with Gasteiger partial charge in [-0.3, -0.25) is 0 Å². The number of halogens is 2. The van der Waals surface area contributed by atoms with Gasteiger partial charge in [0.25, 0.3) is 5.71 Å². The first-order valence-electron chi connectivity index (χ1n) is 2.39. The average Bonchev–Trinajstić information content (AvgIpc) is 1.90. The zero-order valence-electron chi connectivity index (χ0n) is 4.75. The maximum absolute atomic E-state index is 5.46. The van der Waals surface area contributed by atoms with Crippen molar-refractivity contribution in [2.45, 2.75) is 0 Å². The summed E-state index contributed by atoms with van der Waals surface area (Å²) in [5.74, 6) is 0.501. The molecule has 0 N–H and O–H groups in total. The zero-order valence-corrected chi connectivity index (χ0v) is 6.32. The highest BCUT2D eigenvalue weighted by atomic mass is 35.5. The van der Waals surface area contributed by atoms with Crippen LogP contribution in [0.15, 0.2) is 24.4 Å². The molecule has 0 aliphatic carbocycles. The van der Waals surface area contributed by atoms with Crippen LogP contribution in [0.2, 0.25) is 0 Å². The van der Waals surface area contributed by atoms with Crippen molar-refractivity contribution < 1.29 is 0 Å². The van der Waals surface area contributed by atoms with Gasteiger partial charge in [-0.25, -0.2) is 0 Å². The average molecular weight is 164 g/mol. The number of allylic oxidation sites excluding steroid dienone is 3. The maximum atomic E-state index is 5.46. The molecule has 1 radical (unpaired) electrons. The molecule has 0 spiro atoms. The van der Waals surface area contributed by atoms with E-state index in [0.29, 0.717) is 5.88 Å². The van der Waals surface area contributed by atoms with Crippen molar-refractivity contribution in [3.8, 4) is 0 Å². The number of alkyl halides is 1. The predicted octanol–water partition coefficient (Wildman–Crippen LogP) is 1.51. The van der Waals surface area contributed by atoms with Crippen molar-refractivity contribution in [2.75, 3.05) is 5.88 Å². The van der Waals surface area contributed by atoms with Crippen LogP contribution in [0.4, 0.5) is 0 Å². The third-order valence-electron chi connectivity index (χ3n) is 0.863. The van der Waals surface area contributed by atoms with E-state index in [2.05, 4.69) is 4.99 Å². The molecule has 1 nitrogen and oxygen atoms in total. The standard InChI is InChI=1S/C6H6ClN.ClH/c7-5-6-3-1-2-4-8-6;/h1-4H,5H2;1H/q+1;. The second kappa shape index (κ2) is 4.59. The highest BCUT2D eigenvalue weighted by Crippen LogP contribution is 1.87. The van der Waals surface area contributed by atoms with Gasteiger partial charge < -0.3 is 0 Å². The Bertz CT molecular complexity index is 158. The molecular weight excluding hydrogens is 157 g/mol. The fourth-order valence-electron chi connectivity index (χ4n) is 0.477. The summed E-state index contributed by atoms with van der Waals surface area (Å²) < 4.78 is 0. The summed E-state index contributed by atoms with van der Waals surface area (Å²) in [6.07, 6.45) is 7.42. The lowest BCUT2D eigenvalue weighted by Gasteiger charge is -1.79. The molecule has 0 amide bonds. The molecule has 49 valence electrons. The molecule has 9 heavy (non-hydrogen) atoms. The van der Waals surface area contributed by atoms with Crippen molar-refractivity contribution in [1.29, 1.82) is 0 Å². The quantitative estimate of drug-likeness (QED) is 0.521. The SMILES string of the molecule is Cl.ClCC1=[N+]C=CC=C1. The van der Waals surface area contributed by atoms with Crippen LogP contribution in [0.1, 0.15) is 0 Å². The number of aliphatic imine (C=N–C) groups is 1. The number of hydrogen-bond donors (Lipinski definition) is 0. The summed E-state index contributed by atoms with van der Waals surface area (Å²) in [5.41, 5.74) is 0.925. The molecular formula is C6H7Cl2N+. The van der Waals surface area contributed by atoms with E-state index in [1.165, 1.54) is 0 Å². The molecule has 0 aromatic rings. The minimum absolute atomic E-state index is 0. The molecule has 0 aromatic heterocycles. The highest BCUT2D eigenvalue weighted by molar-refractivity contribution is 6.30. The number of hydrogen-bond acceptors (Lipinski definition) is 1. The molecule has 0 aromatic carbocycles. The van der Waals surface area contributed by atoms with E-state index in [9.17, 15) is 0 Å². The summed E-state index contributed by atoms with van der Waals surface area (Å²) in [6.45, 7) is 0. The Kier molecular flexibility index (Phi) is 4.46. The smallest absolute Gasteiger partial charge is 0.147 e. The Balaban J connectivity index is 0.000000640. The third-order valence-corrected chi connectivity index (χ3v) is 1.14. The molecule has 0 unspecified atom stereocenters. The summed E-state index contributed by atoms with van der Waals surface area (Å²) in [6, 6.07) is 0. The number of rotatable bonds is 1. The van der Waals surface area contributed by atoms with Crippen molar-refractivity contribution in [1.82, 2.24) is 4.99 Å². The predicted molar refractivity (Wildman–Crippen MR) is 43.4 cm³/mol. The Morgan fingerprint density at radius 3 is 2.56 bits per heavy atom. The molecule has 0 fully saturated rings. The Morgan fingerprint density at radius 1 is 1.44 bits per heavy atom. The molecule has 0 bridgehead atoms. The van der Waals surface area contributed by atoms with Crippen LogP contribution in [0.3, 0.4) is 0 Å². The third kappa shape index (κ3) is 2.68. The monoisotopic (exact) mass is 163 g/mol. The van der Waals surface area contributed by atoms with Gasteiger partial charge in [0.2, 0.25) is 6.20 Å². The van der Waals surface area contributed by atoms with E-state index in [1.54, 1.807) is 6.20 Å². The molecule has 1 aliphatic heterocycles. The fraction of sp³-hybridized carbons (Fsp3) is 0.167. The lowest BCUT2D eigenvalue weighted by atomic mass is 10.3.